The molecule has 1 heterocycles. The van der Waals surface area contributed by atoms with Crippen molar-refractivity contribution in [1.29, 1.82) is 0 Å². The number of fused-ring (bicyclic) bond motifs is 1. The average molecular weight is 334 g/mol. The first-order valence-corrected chi connectivity index (χ1v) is 7.05. The maximum absolute atomic E-state index is 13.2. The Balaban J connectivity index is 1.78. The van der Waals surface area contributed by atoms with Gasteiger partial charge in [0.1, 0.15) is 12.3 Å². The number of nitrogens with one attached hydrogen (secondary N) is 1. The fourth-order valence-corrected chi connectivity index (χ4v) is 2.43. The predicted molar refractivity (Wildman–Crippen MR) is 83.4 cm³/mol. The van der Waals surface area contributed by atoms with Gasteiger partial charge in [0.25, 0.3) is 0 Å². The predicted octanol–water partition coefficient (Wildman–Crippen LogP) is 3.71. The SMILES string of the molecule is COc1ccc2c(ccn2CC(=O)Nc2cc(F)c(F)c(F)c2)c1. The van der Waals surface area contributed by atoms with Crippen LogP contribution in [0.15, 0.2) is 42.6 Å². The topological polar surface area (TPSA) is 43.3 Å². The molecule has 0 unspecified atom stereocenters. The quantitative estimate of drug-likeness (QED) is 0.739. The first-order valence-electron chi connectivity index (χ1n) is 7.05. The third kappa shape index (κ3) is 3.05. The number of anilines is 1. The summed E-state index contributed by atoms with van der Waals surface area (Å²) in [5, 5.41) is 3.24. The van der Waals surface area contributed by atoms with E-state index in [0.717, 1.165) is 23.0 Å². The molecule has 3 rings (SSSR count). The van der Waals surface area contributed by atoms with Gasteiger partial charge < -0.3 is 14.6 Å². The second-order valence-corrected chi connectivity index (χ2v) is 5.17. The highest BCUT2D eigenvalue weighted by Crippen LogP contribution is 2.22. The van der Waals surface area contributed by atoms with Crippen LogP contribution >= 0.6 is 0 Å². The van der Waals surface area contributed by atoms with Crippen LogP contribution in [0.3, 0.4) is 0 Å². The number of halogens is 3. The van der Waals surface area contributed by atoms with Crippen LogP contribution in [0.25, 0.3) is 10.9 Å². The van der Waals surface area contributed by atoms with E-state index in [9.17, 15) is 18.0 Å². The standard InChI is InChI=1S/C17H13F3N2O2/c1-24-12-2-3-15-10(6-12)4-5-22(15)9-16(23)21-11-7-13(18)17(20)14(19)8-11/h2-8H,9H2,1H3,(H,21,23). The lowest BCUT2D eigenvalue weighted by molar-refractivity contribution is -0.116. The number of methoxy groups -OCH3 is 1. The largest absolute Gasteiger partial charge is 0.497 e. The summed E-state index contributed by atoms with van der Waals surface area (Å²) in [6.45, 7) is -0.0591. The molecule has 1 amide bonds. The second-order valence-electron chi connectivity index (χ2n) is 5.17. The molecule has 0 aliphatic heterocycles. The van der Waals surface area contributed by atoms with Crippen LogP contribution < -0.4 is 10.1 Å². The highest BCUT2D eigenvalue weighted by molar-refractivity contribution is 5.92. The number of ether oxygens (including phenoxy) is 1. The third-order valence-corrected chi connectivity index (χ3v) is 3.56. The Hall–Kier alpha value is -2.96. The van der Waals surface area contributed by atoms with Gasteiger partial charge in [-0.2, -0.15) is 0 Å². The number of aromatic nitrogens is 1. The van der Waals surface area contributed by atoms with Gasteiger partial charge >= 0.3 is 0 Å². The molecule has 0 aliphatic carbocycles. The van der Waals surface area contributed by atoms with Gasteiger partial charge in [-0.1, -0.05) is 0 Å². The van der Waals surface area contributed by atoms with Crippen LogP contribution in [0.1, 0.15) is 0 Å². The van der Waals surface area contributed by atoms with Gasteiger partial charge in [-0.05, 0) is 24.3 Å². The number of rotatable bonds is 4. The second kappa shape index (κ2) is 6.27. The Morgan fingerprint density at radius 2 is 1.83 bits per heavy atom. The summed E-state index contributed by atoms with van der Waals surface area (Å²) in [4.78, 5) is 12.1. The maximum Gasteiger partial charge on any atom is 0.244 e. The average Bonchev–Trinajstić information content (AvgIpc) is 2.94. The normalized spacial score (nSPS) is 10.8. The molecular weight excluding hydrogens is 321 g/mol. The maximum atomic E-state index is 13.2. The van der Waals surface area contributed by atoms with E-state index in [1.54, 1.807) is 30.0 Å². The fourth-order valence-electron chi connectivity index (χ4n) is 2.43. The molecule has 0 bridgehead atoms. The Bertz CT molecular complexity index is 898. The number of amides is 1. The number of hydrogen-bond acceptors (Lipinski definition) is 2. The molecule has 7 heteroatoms. The van der Waals surface area contributed by atoms with Crippen molar-refractivity contribution < 1.29 is 22.7 Å². The molecule has 124 valence electrons. The van der Waals surface area contributed by atoms with Gasteiger partial charge in [-0.25, -0.2) is 13.2 Å². The van der Waals surface area contributed by atoms with Crippen molar-refractivity contribution in [1.82, 2.24) is 4.57 Å². The molecule has 0 spiro atoms. The molecule has 0 atom stereocenters. The highest BCUT2D eigenvalue weighted by Gasteiger charge is 2.13. The lowest BCUT2D eigenvalue weighted by Gasteiger charge is -2.08. The third-order valence-electron chi connectivity index (χ3n) is 3.56. The zero-order chi connectivity index (χ0) is 17.3. The zero-order valence-electron chi connectivity index (χ0n) is 12.6. The fraction of sp³-hybridized carbons (Fsp3) is 0.118. The van der Waals surface area contributed by atoms with Crippen molar-refractivity contribution in [2.24, 2.45) is 0 Å². The number of benzene rings is 2. The molecule has 4 nitrogen and oxygen atoms in total. The Labute approximate surface area is 135 Å². The van der Waals surface area contributed by atoms with Gasteiger partial charge in [0.2, 0.25) is 5.91 Å². The molecule has 2 aromatic carbocycles. The minimum atomic E-state index is -1.57. The van der Waals surface area contributed by atoms with Gasteiger partial charge in [0.05, 0.1) is 7.11 Å². The molecule has 1 aromatic heterocycles. The van der Waals surface area contributed by atoms with Gasteiger partial charge in [-0.3, -0.25) is 4.79 Å². The molecule has 0 saturated carbocycles. The zero-order valence-corrected chi connectivity index (χ0v) is 12.6. The Morgan fingerprint density at radius 3 is 2.50 bits per heavy atom. The molecule has 0 aliphatic rings. The van der Waals surface area contributed by atoms with Crippen LogP contribution in [-0.2, 0) is 11.3 Å². The number of carbonyl (C=O) groups is 1. The summed E-state index contributed by atoms with van der Waals surface area (Å²) >= 11 is 0. The summed E-state index contributed by atoms with van der Waals surface area (Å²) in [7, 11) is 1.56. The van der Waals surface area contributed by atoms with Gasteiger partial charge in [0, 0.05) is 34.9 Å². The van der Waals surface area contributed by atoms with E-state index in [1.165, 1.54) is 0 Å². The van der Waals surface area contributed by atoms with E-state index in [2.05, 4.69) is 5.32 Å². The Kier molecular flexibility index (Phi) is 4.16. The first kappa shape index (κ1) is 15.9. The molecule has 1 N–H and O–H groups in total. The molecule has 0 saturated heterocycles. The molecule has 0 fully saturated rings. The minimum Gasteiger partial charge on any atom is -0.497 e. The smallest absolute Gasteiger partial charge is 0.244 e. The first-order chi connectivity index (χ1) is 11.5. The van der Waals surface area contributed by atoms with Crippen LogP contribution in [0, 0.1) is 17.5 Å². The van der Waals surface area contributed by atoms with E-state index < -0.39 is 23.4 Å². The van der Waals surface area contributed by atoms with Crippen LogP contribution in [0.4, 0.5) is 18.9 Å². The van der Waals surface area contributed by atoms with Gasteiger partial charge in [0.15, 0.2) is 17.5 Å². The van der Waals surface area contributed by atoms with E-state index in [4.69, 9.17) is 4.74 Å². The molecule has 24 heavy (non-hydrogen) atoms. The van der Waals surface area contributed by atoms with E-state index in [0.29, 0.717) is 5.75 Å². The van der Waals surface area contributed by atoms with Crippen molar-refractivity contribution in [2.45, 2.75) is 6.54 Å². The van der Waals surface area contributed by atoms with Crippen molar-refractivity contribution >= 4 is 22.5 Å². The van der Waals surface area contributed by atoms with E-state index in [1.807, 2.05) is 12.1 Å². The summed E-state index contributed by atoms with van der Waals surface area (Å²) < 4.78 is 46.1. The minimum absolute atomic E-state index is 0.0591. The van der Waals surface area contributed by atoms with Crippen molar-refractivity contribution in [3.63, 3.8) is 0 Å². The van der Waals surface area contributed by atoms with Crippen molar-refractivity contribution in [2.75, 3.05) is 12.4 Å². The summed E-state index contributed by atoms with van der Waals surface area (Å²) in [6, 6.07) is 8.68. The Morgan fingerprint density at radius 1 is 1.12 bits per heavy atom. The number of nitrogens with zero attached hydrogens (tertiary/aromatic N) is 1. The highest BCUT2D eigenvalue weighted by atomic mass is 19.2. The van der Waals surface area contributed by atoms with Crippen LogP contribution in [0.2, 0.25) is 0 Å². The molecule has 0 radical (unpaired) electrons. The molecule has 3 aromatic rings. The monoisotopic (exact) mass is 334 g/mol. The lowest BCUT2D eigenvalue weighted by Crippen LogP contribution is -2.18. The van der Waals surface area contributed by atoms with Gasteiger partial charge in [-0.15, -0.1) is 0 Å². The number of carbonyl (C=O) groups excluding carboxylic acids is 1. The van der Waals surface area contributed by atoms with E-state index >= 15 is 0 Å². The molecular formula is C17H13F3N2O2. The van der Waals surface area contributed by atoms with E-state index in [-0.39, 0.29) is 12.2 Å². The van der Waals surface area contributed by atoms with Crippen LogP contribution in [0.5, 0.6) is 5.75 Å². The number of hydrogen-bond donors (Lipinski definition) is 1. The summed E-state index contributed by atoms with van der Waals surface area (Å²) in [5.74, 6) is -4.08. The summed E-state index contributed by atoms with van der Waals surface area (Å²) in [6.07, 6.45) is 1.72. The summed E-state index contributed by atoms with van der Waals surface area (Å²) in [5.41, 5.74) is 0.664. The van der Waals surface area contributed by atoms with Crippen LogP contribution in [-0.4, -0.2) is 17.6 Å². The van der Waals surface area contributed by atoms with Crippen molar-refractivity contribution in [3.8, 4) is 5.75 Å². The van der Waals surface area contributed by atoms with Crippen molar-refractivity contribution in [3.05, 3.63) is 60.0 Å². The lowest BCUT2D eigenvalue weighted by atomic mass is 10.2.